The van der Waals surface area contributed by atoms with Gasteiger partial charge in [-0.2, -0.15) is 0 Å². The summed E-state index contributed by atoms with van der Waals surface area (Å²) in [4.78, 5) is 0. The maximum absolute atomic E-state index is 5.06. The van der Waals surface area contributed by atoms with Gasteiger partial charge >= 0.3 is 0 Å². The largest absolute Gasteiger partial charge is 0.277 e. The van der Waals surface area contributed by atoms with E-state index in [-0.39, 0.29) is 0 Å². The maximum atomic E-state index is 5.06. The minimum atomic E-state index is 0.911. The van der Waals surface area contributed by atoms with Gasteiger partial charge in [0.15, 0.2) is 0 Å². The average molecular weight is 159 g/mol. The quantitative estimate of drug-likeness (QED) is 0.216. The van der Waals surface area contributed by atoms with Crippen molar-refractivity contribution >= 4 is 44.2 Å². The zero-order chi connectivity index (χ0) is 4.83. The van der Waals surface area contributed by atoms with Gasteiger partial charge in [-0.05, 0) is 9.83 Å². The lowest BCUT2D eigenvalue weighted by molar-refractivity contribution is 2.00. The molecular weight excluding hydrogens is 154 g/mol. The van der Waals surface area contributed by atoms with E-state index in [2.05, 4.69) is 11.7 Å². The summed E-state index contributed by atoms with van der Waals surface area (Å²) in [6.45, 7) is 0. The fourth-order valence-corrected chi connectivity index (χ4v) is 2.49. The molecular formula is CH5NS4. The molecule has 0 saturated heterocycles. The van der Waals surface area contributed by atoms with Crippen LogP contribution in [0.5, 0.6) is 0 Å². The summed E-state index contributed by atoms with van der Waals surface area (Å²) >= 11 is 5.18. The van der Waals surface area contributed by atoms with E-state index in [0.717, 1.165) is 5.08 Å². The Morgan fingerprint density at radius 1 is 1.67 bits per heavy atom. The highest BCUT2D eigenvalue weighted by molar-refractivity contribution is 9.06. The minimum Gasteiger partial charge on any atom is -0.277 e. The zero-order valence-electron chi connectivity index (χ0n) is 2.96. The van der Waals surface area contributed by atoms with Crippen LogP contribution in [0.15, 0.2) is 0 Å². The molecule has 0 aromatic rings. The Hall–Kier alpha value is 1.36. The Labute approximate surface area is 54.5 Å². The van der Waals surface area contributed by atoms with Crippen LogP contribution in [0.4, 0.5) is 0 Å². The lowest BCUT2D eigenvalue weighted by atomic mass is 11.9. The van der Waals surface area contributed by atoms with Gasteiger partial charge in [-0.15, -0.1) is 0 Å². The summed E-state index contributed by atoms with van der Waals surface area (Å²) < 4.78 is 0. The number of rotatable bonds is 3. The molecule has 2 N–H and O–H groups in total. The second-order valence-corrected chi connectivity index (χ2v) is 4.63. The van der Waals surface area contributed by atoms with Crippen molar-refractivity contribution in [3.63, 3.8) is 0 Å². The summed E-state index contributed by atoms with van der Waals surface area (Å²) in [6.07, 6.45) is 0. The summed E-state index contributed by atoms with van der Waals surface area (Å²) in [6, 6.07) is 0. The van der Waals surface area contributed by atoms with E-state index in [1.165, 1.54) is 21.8 Å². The molecule has 6 heavy (non-hydrogen) atoms. The Morgan fingerprint density at radius 3 is 2.50 bits per heavy atom. The van der Waals surface area contributed by atoms with Crippen molar-refractivity contribution in [1.29, 1.82) is 0 Å². The van der Waals surface area contributed by atoms with Crippen molar-refractivity contribution < 1.29 is 0 Å². The molecule has 0 rings (SSSR count). The van der Waals surface area contributed by atoms with Crippen molar-refractivity contribution in [2.75, 3.05) is 5.08 Å². The third kappa shape index (κ3) is 5.36. The Bertz CT molecular complexity index is 19.5. The van der Waals surface area contributed by atoms with Gasteiger partial charge in [0.1, 0.15) is 0 Å². The van der Waals surface area contributed by atoms with Gasteiger partial charge in [-0.1, -0.05) is 34.4 Å². The lowest BCUT2D eigenvalue weighted by Gasteiger charge is -1.84. The van der Waals surface area contributed by atoms with E-state index in [1.54, 1.807) is 10.8 Å². The van der Waals surface area contributed by atoms with Crippen molar-refractivity contribution in [1.82, 2.24) is 0 Å². The Kier molecular flexibility index (Phi) is 7.80. The molecule has 0 unspecified atom stereocenters. The third-order valence-corrected chi connectivity index (χ3v) is 3.33. The van der Waals surface area contributed by atoms with Crippen LogP contribution in [0.1, 0.15) is 0 Å². The number of hydrogen-bond acceptors (Lipinski definition) is 5. The van der Waals surface area contributed by atoms with Gasteiger partial charge in [-0.3, -0.25) is 5.14 Å². The van der Waals surface area contributed by atoms with Gasteiger partial charge in [0.2, 0.25) is 0 Å². The first-order chi connectivity index (χ1) is 2.91. The summed E-state index contributed by atoms with van der Waals surface area (Å²) in [5.41, 5.74) is 0. The van der Waals surface area contributed by atoms with Crippen molar-refractivity contribution in [2.45, 2.75) is 0 Å². The van der Waals surface area contributed by atoms with Crippen molar-refractivity contribution in [3.8, 4) is 0 Å². The van der Waals surface area contributed by atoms with Crippen LogP contribution in [0.3, 0.4) is 0 Å². The van der Waals surface area contributed by atoms with E-state index >= 15 is 0 Å². The van der Waals surface area contributed by atoms with Crippen LogP contribution in [0, 0.1) is 0 Å². The third-order valence-electron chi connectivity index (χ3n) is 0.169. The van der Waals surface area contributed by atoms with E-state index in [4.69, 9.17) is 5.14 Å². The highest BCUT2D eigenvalue weighted by atomic mass is 33.5. The molecule has 0 aliphatic carbocycles. The molecule has 0 aliphatic rings. The molecule has 0 radical (unpaired) electrons. The topological polar surface area (TPSA) is 26.0 Å². The van der Waals surface area contributed by atoms with Crippen molar-refractivity contribution in [2.24, 2.45) is 5.14 Å². The molecule has 1 nitrogen and oxygen atoms in total. The average Bonchev–Trinajstić information content (AvgIpc) is 1.61. The molecule has 0 saturated carbocycles. The van der Waals surface area contributed by atoms with Crippen LogP contribution >= 0.6 is 44.2 Å². The minimum absolute atomic E-state index is 0.911. The highest BCUT2D eigenvalue weighted by Crippen LogP contribution is 2.26. The molecule has 0 spiro atoms. The summed E-state index contributed by atoms with van der Waals surface area (Å²) in [5, 5.41) is 5.97. The number of thiol groups is 1. The zero-order valence-corrected chi connectivity index (χ0v) is 6.30. The van der Waals surface area contributed by atoms with Gasteiger partial charge < -0.3 is 0 Å². The van der Waals surface area contributed by atoms with E-state index < -0.39 is 0 Å². The van der Waals surface area contributed by atoms with Crippen LogP contribution < -0.4 is 5.14 Å². The van der Waals surface area contributed by atoms with Gasteiger partial charge in [0, 0.05) is 0 Å². The van der Waals surface area contributed by atoms with Gasteiger partial charge in [0.05, 0.1) is 5.08 Å². The molecule has 38 valence electrons. The number of hydrogen-bond donors (Lipinski definition) is 2. The second kappa shape index (κ2) is 6.36. The van der Waals surface area contributed by atoms with Gasteiger partial charge in [-0.25, -0.2) is 0 Å². The molecule has 0 aliphatic heterocycles. The van der Waals surface area contributed by atoms with E-state index in [1.807, 2.05) is 0 Å². The Morgan fingerprint density at radius 2 is 2.33 bits per heavy atom. The predicted molar refractivity (Wildman–Crippen MR) is 40.8 cm³/mol. The maximum Gasteiger partial charge on any atom is 0.0647 e. The van der Waals surface area contributed by atoms with E-state index in [9.17, 15) is 0 Å². The molecule has 5 heteroatoms. The molecule has 0 amide bonds. The summed E-state index contributed by atoms with van der Waals surface area (Å²) in [5.74, 6) is 0. The summed E-state index contributed by atoms with van der Waals surface area (Å²) in [7, 11) is 3.06. The van der Waals surface area contributed by atoms with Crippen LogP contribution in [-0.4, -0.2) is 5.08 Å². The van der Waals surface area contributed by atoms with Crippen LogP contribution in [-0.2, 0) is 0 Å². The normalized spacial score (nSPS) is 9.00. The molecule has 0 bridgehead atoms. The molecule has 0 aromatic heterocycles. The first-order valence-corrected chi connectivity index (χ1v) is 5.58. The Balaban J connectivity index is 2.34. The first-order valence-electron chi connectivity index (χ1n) is 1.16. The fourth-order valence-electron chi connectivity index (χ4n) is 0.0493. The van der Waals surface area contributed by atoms with Crippen molar-refractivity contribution in [3.05, 3.63) is 0 Å². The molecule has 0 fully saturated rings. The lowest BCUT2D eigenvalue weighted by Crippen LogP contribution is -1.74. The molecule has 0 atom stereocenters. The smallest absolute Gasteiger partial charge is 0.0647 e. The first kappa shape index (κ1) is 7.36. The van der Waals surface area contributed by atoms with Gasteiger partial charge in [0.25, 0.3) is 0 Å². The monoisotopic (exact) mass is 159 g/mol. The van der Waals surface area contributed by atoms with Crippen LogP contribution in [0.25, 0.3) is 0 Å². The molecule has 0 aromatic carbocycles. The fraction of sp³-hybridized carbons (Fsp3) is 1.00. The number of nitrogens with two attached hydrogens (primary N) is 1. The standard InChI is InChI=1S/CH5NS4/c2-4-1-5-6-3/h3H,1-2H2. The second-order valence-electron chi connectivity index (χ2n) is 0.477. The highest BCUT2D eigenvalue weighted by Gasteiger charge is 1.77. The SMILES string of the molecule is NSCSSS. The predicted octanol–water partition coefficient (Wildman–Crippen LogP) is 1.78. The van der Waals surface area contributed by atoms with E-state index in [0.29, 0.717) is 0 Å². The molecule has 0 heterocycles. The van der Waals surface area contributed by atoms with Crippen LogP contribution in [0.2, 0.25) is 0 Å².